The number of amides is 1. The SMILES string of the molecule is CC1COc2nc(C(=O)O)c(Cc3ccc(F)cc3)cc2N1C(=O)OC(C)(C)C. The Morgan fingerprint density at radius 2 is 1.97 bits per heavy atom. The van der Waals surface area contributed by atoms with Gasteiger partial charge in [0.1, 0.15) is 23.7 Å². The number of rotatable bonds is 3. The summed E-state index contributed by atoms with van der Waals surface area (Å²) >= 11 is 0. The van der Waals surface area contributed by atoms with Crippen molar-refractivity contribution in [1.82, 2.24) is 4.98 Å². The lowest BCUT2D eigenvalue weighted by Gasteiger charge is -2.35. The van der Waals surface area contributed by atoms with Crippen LogP contribution in [0.2, 0.25) is 0 Å². The van der Waals surface area contributed by atoms with E-state index in [2.05, 4.69) is 4.98 Å². The molecule has 0 saturated heterocycles. The van der Waals surface area contributed by atoms with Crippen molar-refractivity contribution in [3.8, 4) is 5.88 Å². The summed E-state index contributed by atoms with van der Waals surface area (Å²) in [5, 5.41) is 9.59. The molecule has 1 amide bonds. The Bertz CT molecular complexity index is 937. The Balaban J connectivity index is 2.05. The predicted octanol–water partition coefficient (Wildman–Crippen LogP) is 4.03. The number of fused-ring (bicyclic) bond motifs is 1. The molecule has 1 aliphatic heterocycles. The van der Waals surface area contributed by atoms with Crippen LogP contribution < -0.4 is 9.64 Å². The fraction of sp³-hybridized carbons (Fsp3) is 0.381. The fourth-order valence-electron chi connectivity index (χ4n) is 3.05. The van der Waals surface area contributed by atoms with Gasteiger partial charge in [0.15, 0.2) is 5.69 Å². The third-order valence-electron chi connectivity index (χ3n) is 4.31. The summed E-state index contributed by atoms with van der Waals surface area (Å²) in [5.74, 6) is -1.53. The maximum atomic E-state index is 13.2. The van der Waals surface area contributed by atoms with Crippen molar-refractivity contribution < 1.29 is 28.6 Å². The van der Waals surface area contributed by atoms with E-state index < -0.39 is 17.7 Å². The Morgan fingerprint density at radius 1 is 1.31 bits per heavy atom. The van der Waals surface area contributed by atoms with Crippen molar-refractivity contribution >= 4 is 17.7 Å². The molecule has 0 radical (unpaired) electrons. The molecule has 1 atom stereocenters. The van der Waals surface area contributed by atoms with Gasteiger partial charge in [0, 0.05) is 0 Å². The Hall–Kier alpha value is -3.16. The van der Waals surface area contributed by atoms with Crippen LogP contribution in [-0.2, 0) is 11.2 Å². The number of benzene rings is 1. The quantitative estimate of drug-likeness (QED) is 0.834. The Morgan fingerprint density at radius 3 is 2.55 bits per heavy atom. The molecule has 29 heavy (non-hydrogen) atoms. The van der Waals surface area contributed by atoms with Crippen molar-refractivity contribution in [2.24, 2.45) is 0 Å². The molecule has 3 rings (SSSR count). The van der Waals surface area contributed by atoms with E-state index in [9.17, 15) is 19.1 Å². The van der Waals surface area contributed by atoms with Crippen LogP contribution in [0.3, 0.4) is 0 Å². The minimum Gasteiger partial charge on any atom is -0.476 e. The van der Waals surface area contributed by atoms with Gasteiger partial charge in [0.05, 0.1) is 6.04 Å². The van der Waals surface area contributed by atoms with E-state index in [0.29, 0.717) is 16.8 Å². The molecule has 1 aromatic heterocycles. The molecule has 2 aromatic rings. The molecular weight excluding hydrogens is 379 g/mol. The number of anilines is 1. The first-order valence-electron chi connectivity index (χ1n) is 9.22. The summed E-state index contributed by atoms with van der Waals surface area (Å²) in [6, 6.07) is 7.01. The highest BCUT2D eigenvalue weighted by Gasteiger charge is 2.35. The number of ether oxygens (including phenoxy) is 2. The first kappa shape index (κ1) is 20.6. The number of aromatic nitrogens is 1. The molecule has 0 fully saturated rings. The van der Waals surface area contributed by atoms with Gasteiger partial charge in [-0.3, -0.25) is 4.90 Å². The fourth-order valence-corrected chi connectivity index (χ4v) is 3.05. The second-order valence-corrected chi connectivity index (χ2v) is 7.94. The first-order valence-corrected chi connectivity index (χ1v) is 9.22. The summed E-state index contributed by atoms with van der Waals surface area (Å²) in [6.45, 7) is 7.27. The number of pyridine rings is 1. The van der Waals surface area contributed by atoms with Crippen LogP contribution in [0.25, 0.3) is 0 Å². The molecule has 0 saturated carbocycles. The third kappa shape index (κ3) is 4.64. The smallest absolute Gasteiger partial charge is 0.415 e. The summed E-state index contributed by atoms with van der Waals surface area (Å²) in [7, 11) is 0. The molecule has 1 aromatic carbocycles. The van der Waals surface area contributed by atoms with Gasteiger partial charge < -0.3 is 14.6 Å². The van der Waals surface area contributed by atoms with Crippen LogP contribution in [0.1, 0.15) is 49.3 Å². The van der Waals surface area contributed by atoms with Crippen molar-refractivity contribution in [2.75, 3.05) is 11.5 Å². The van der Waals surface area contributed by atoms with Gasteiger partial charge in [0.2, 0.25) is 5.88 Å². The van der Waals surface area contributed by atoms with Crippen LogP contribution in [0.4, 0.5) is 14.9 Å². The summed E-state index contributed by atoms with van der Waals surface area (Å²) in [5.41, 5.74) is 0.575. The van der Waals surface area contributed by atoms with Crippen molar-refractivity contribution in [3.63, 3.8) is 0 Å². The van der Waals surface area contributed by atoms with E-state index in [-0.39, 0.29) is 36.5 Å². The van der Waals surface area contributed by atoms with E-state index in [0.717, 1.165) is 0 Å². The zero-order valence-corrected chi connectivity index (χ0v) is 16.7. The highest BCUT2D eigenvalue weighted by molar-refractivity contribution is 5.93. The number of carbonyl (C=O) groups excluding carboxylic acids is 1. The summed E-state index contributed by atoms with van der Waals surface area (Å²) in [4.78, 5) is 30.1. The van der Waals surface area contributed by atoms with Gasteiger partial charge in [-0.25, -0.2) is 19.0 Å². The van der Waals surface area contributed by atoms with Crippen LogP contribution in [0.15, 0.2) is 30.3 Å². The van der Waals surface area contributed by atoms with Gasteiger partial charge >= 0.3 is 12.1 Å². The maximum absolute atomic E-state index is 13.2. The zero-order valence-electron chi connectivity index (χ0n) is 16.7. The zero-order chi connectivity index (χ0) is 21.3. The number of nitrogens with zero attached hydrogens (tertiary/aromatic N) is 2. The number of carboxylic acids is 1. The van der Waals surface area contributed by atoms with E-state index in [1.807, 2.05) is 0 Å². The molecule has 2 heterocycles. The lowest BCUT2D eigenvalue weighted by atomic mass is 10.0. The minimum absolute atomic E-state index is 0.0641. The number of hydrogen-bond acceptors (Lipinski definition) is 5. The van der Waals surface area contributed by atoms with Crippen LogP contribution in [-0.4, -0.2) is 40.4 Å². The Kier molecular flexibility index (Phi) is 5.46. The highest BCUT2D eigenvalue weighted by atomic mass is 19.1. The van der Waals surface area contributed by atoms with Gasteiger partial charge in [-0.15, -0.1) is 0 Å². The van der Waals surface area contributed by atoms with Crippen molar-refractivity contribution in [3.05, 3.63) is 53.0 Å². The molecule has 1 aliphatic rings. The monoisotopic (exact) mass is 402 g/mol. The molecule has 1 N–H and O–H groups in total. The number of aromatic carboxylic acids is 1. The lowest BCUT2D eigenvalue weighted by Crippen LogP contribution is -2.47. The second-order valence-electron chi connectivity index (χ2n) is 7.94. The standard InChI is InChI=1S/C21H23FN2O5/c1-12-11-28-18-16(24(12)20(27)29-21(2,3)4)10-14(17(23-18)19(25)26)9-13-5-7-15(22)8-6-13/h5-8,10,12H,9,11H2,1-4H3,(H,25,26). The van der Waals surface area contributed by atoms with Gasteiger partial charge in [-0.1, -0.05) is 12.1 Å². The molecule has 0 bridgehead atoms. The van der Waals surface area contributed by atoms with Gasteiger partial charge in [-0.05, 0) is 63.4 Å². The largest absolute Gasteiger partial charge is 0.476 e. The van der Waals surface area contributed by atoms with Crippen LogP contribution in [0, 0.1) is 5.82 Å². The van der Waals surface area contributed by atoms with Crippen LogP contribution >= 0.6 is 0 Å². The minimum atomic E-state index is -1.21. The summed E-state index contributed by atoms with van der Waals surface area (Å²) < 4.78 is 24.3. The molecular formula is C21H23FN2O5. The average Bonchev–Trinajstić information content (AvgIpc) is 2.61. The molecule has 1 unspecified atom stereocenters. The lowest BCUT2D eigenvalue weighted by molar-refractivity contribution is 0.0546. The number of carboxylic acid groups (broad SMARTS) is 1. The molecule has 8 heteroatoms. The van der Waals surface area contributed by atoms with E-state index >= 15 is 0 Å². The van der Waals surface area contributed by atoms with Crippen LogP contribution in [0.5, 0.6) is 5.88 Å². The average molecular weight is 402 g/mol. The molecule has 0 aliphatic carbocycles. The molecule has 154 valence electrons. The topological polar surface area (TPSA) is 89.0 Å². The number of carbonyl (C=O) groups is 2. The first-order chi connectivity index (χ1) is 13.5. The van der Waals surface area contributed by atoms with Gasteiger partial charge in [0.25, 0.3) is 0 Å². The Labute approximate surface area is 168 Å². The molecule has 0 spiro atoms. The molecule has 7 nitrogen and oxygen atoms in total. The third-order valence-corrected chi connectivity index (χ3v) is 4.31. The van der Waals surface area contributed by atoms with E-state index in [1.54, 1.807) is 45.9 Å². The van der Waals surface area contributed by atoms with E-state index in [4.69, 9.17) is 9.47 Å². The van der Waals surface area contributed by atoms with Gasteiger partial charge in [-0.2, -0.15) is 0 Å². The number of halogens is 1. The van der Waals surface area contributed by atoms with Crippen molar-refractivity contribution in [1.29, 1.82) is 0 Å². The predicted molar refractivity (Wildman–Crippen MR) is 104 cm³/mol. The second kappa shape index (κ2) is 7.69. The van der Waals surface area contributed by atoms with E-state index in [1.165, 1.54) is 17.0 Å². The highest BCUT2D eigenvalue weighted by Crippen LogP contribution is 2.36. The number of hydrogen-bond donors (Lipinski definition) is 1. The summed E-state index contributed by atoms with van der Waals surface area (Å²) in [6.07, 6.45) is -0.356. The van der Waals surface area contributed by atoms with Crippen molar-refractivity contribution in [2.45, 2.75) is 45.8 Å². The normalized spacial score (nSPS) is 16.0. The maximum Gasteiger partial charge on any atom is 0.415 e.